The third-order valence-electron chi connectivity index (χ3n) is 3.03. The van der Waals surface area contributed by atoms with Crippen LogP contribution >= 0.6 is 23.2 Å². The summed E-state index contributed by atoms with van der Waals surface area (Å²) < 4.78 is 0. The van der Waals surface area contributed by atoms with Gasteiger partial charge in [-0.3, -0.25) is 4.79 Å². The number of carbonyl (C=O) groups excluding carboxylic acids is 1. The molecule has 1 unspecified atom stereocenters. The molecule has 2 aromatic carbocycles. The molecule has 0 spiro atoms. The third-order valence-corrected chi connectivity index (χ3v) is 3.75. The van der Waals surface area contributed by atoms with Crippen molar-refractivity contribution in [2.75, 3.05) is 5.32 Å². The summed E-state index contributed by atoms with van der Waals surface area (Å²) in [5.41, 5.74) is 1.85. The van der Waals surface area contributed by atoms with Crippen molar-refractivity contribution in [2.24, 2.45) is 0 Å². The first-order chi connectivity index (χ1) is 10.0. The van der Waals surface area contributed by atoms with Gasteiger partial charge in [0.1, 0.15) is 0 Å². The lowest BCUT2D eigenvalue weighted by Crippen LogP contribution is -2.20. The van der Waals surface area contributed by atoms with E-state index < -0.39 is 11.8 Å². The largest absolute Gasteiger partial charge is 0.323 e. The van der Waals surface area contributed by atoms with Crippen LogP contribution in [0.4, 0.5) is 5.69 Å². The van der Waals surface area contributed by atoms with Crippen molar-refractivity contribution in [2.45, 2.75) is 12.8 Å². The van der Waals surface area contributed by atoms with Crippen LogP contribution in [0.15, 0.2) is 42.5 Å². The molecule has 0 aliphatic rings. The monoisotopic (exact) mass is 318 g/mol. The number of nitriles is 1. The molecular formula is C16H12Cl2N2O. The smallest absolute Gasteiger partial charge is 0.246 e. The minimum absolute atomic E-state index is 0.384. The fourth-order valence-electron chi connectivity index (χ4n) is 1.88. The van der Waals surface area contributed by atoms with Gasteiger partial charge in [0.05, 0.1) is 16.8 Å². The number of anilines is 1. The highest BCUT2D eigenvalue weighted by Crippen LogP contribution is 2.29. The fourth-order valence-corrected chi connectivity index (χ4v) is 2.31. The standard InChI is InChI=1S/C16H12Cl2N2O/c1-10-7-14(18)15(8-13(10)17)20-16(21)12(9-19)11-5-3-2-4-6-11/h2-8,12H,1H3,(H,20,21). The first kappa shape index (κ1) is 15.4. The number of amides is 1. The van der Waals surface area contributed by atoms with E-state index in [2.05, 4.69) is 5.32 Å². The molecule has 1 atom stereocenters. The Hall–Kier alpha value is -2.02. The summed E-state index contributed by atoms with van der Waals surface area (Å²) in [6.45, 7) is 1.82. The summed E-state index contributed by atoms with van der Waals surface area (Å²) in [5.74, 6) is -1.34. The van der Waals surface area contributed by atoms with Gasteiger partial charge < -0.3 is 5.32 Å². The lowest BCUT2D eigenvalue weighted by atomic mass is 10.00. The number of rotatable bonds is 3. The highest BCUT2D eigenvalue weighted by molar-refractivity contribution is 6.36. The minimum atomic E-state index is -0.901. The number of carbonyl (C=O) groups is 1. The zero-order valence-corrected chi connectivity index (χ0v) is 12.7. The zero-order chi connectivity index (χ0) is 15.4. The number of nitrogens with one attached hydrogen (secondary N) is 1. The molecule has 0 saturated carbocycles. The van der Waals surface area contributed by atoms with Gasteiger partial charge in [-0.15, -0.1) is 0 Å². The van der Waals surface area contributed by atoms with Crippen molar-refractivity contribution in [1.29, 1.82) is 5.26 Å². The normalized spacial score (nSPS) is 11.5. The van der Waals surface area contributed by atoms with Gasteiger partial charge in [-0.1, -0.05) is 53.5 Å². The van der Waals surface area contributed by atoms with E-state index in [1.165, 1.54) is 0 Å². The Labute approximate surface area is 133 Å². The van der Waals surface area contributed by atoms with E-state index in [1.54, 1.807) is 36.4 Å². The van der Waals surface area contributed by atoms with Gasteiger partial charge in [0.15, 0.2) is 5.92 Å². The lowest BCUT2D eigenvalue weighted by Gasteiger charge is -2.12. The molecule has 1 N–H and O–H groups in total. The number of aryl methyl sites for hydroxylation is 1. The quantitative estimate of drug-likeness (QED) is 0.902. The Morgan fingerprint density at radius 2 is 1.86 bits per heavy atom. The van der Waals surface area contributed by atoms with Crippen LogP contribution in [0.3, 0.4) is 0 Å². The molecule has 2 rings (SSSR count). The highest BCUT2D eigenvalue weighted by atomic mass is 35.5. The van der Waals surface area contributed by atoms with E-state index in [4.69, 9.17) is 23.2 Å². The van der Waals surface area contributed by atoms with Crippen LogP contribution in [-0.2, 0) is 4.79 Å². The maximum atomic E-state index is 12.3. The van der Waals surface area contributed by atoms with Gasteiger partial charge >= 0.3 is 0 Å². The molecule has 21 heavy (non-hydrogen) atoms. The van der Waals surface area contributed by atoms with Crippen molar-refractivity contribution in [3.8, 4) is 6.07 Å². The van der Waals surface area contributed by atoms with E-state index in [0.29, 0.717) is 21.3 Å². The molecule has 0 saturated heterocycles. The van der Waals surface area contributed by atoms with Crippen molar-refractivity contribution in [3.05, 3.63) is 63.6 Å². The van der Waals surface area contributed by atoms with Gasteiger partial charge in [0, 0.05) is 5.02 Å². The summed E-state index contributed by atoms with van der Waals surface area (Å²) in [5, 5.41) is 12.8. The zero-order valence-electron chi connectivity index (χ0n) is 11.2. The van der Waals surface area contributed by atoms with Crippen molar-refractivity contribution >= 4 is 34.8 Å². The number of halogens is 2. The topological polar surface area (TPSA) is 52.9 Å². The van der Waals surface area contributed by atoms with Gasteiger partial charge in [-0.2, -0.15) is 5.26 Å². The minimum Gasteiger partial charge on any atom is -0.323 e. The number of hydrogen-bond donors (Lipinski definition) is 1. The predicted octanol–water partition coefficient (Wildman–Crippen LogP) is 4.55. The molecule has 106 valence electrons. The van der Waals surface area contributed by atoms with Crippen LogP contribution in [-0.4, -0.2) is 5.91 Å². The summed E-state index contributed by atoms with van der Waals surface area (Å²) in [6.07, 6.45) is 0. The Bertz CT molecular complexity index is 708. The average molecular weight is 319 g/mol. The van der Waals surface area contributed by atoms with Gasteiger partial charge in [-0.25, -0.2) is 0 Å². The van der Waals surface area contributed by atoms with Crippen LogP contribution < -0.4 is 5.32 Å². The van der Waals surface area contributed by atoms with E-state index in [9.17, 15) is 10.1 Å². The Balaban J connectivity index is 2.25. The second kappa shape index (κ2) is 6.62. The summed E-state index contributed by atoms with van der Waals surface area (Å²) in [7, 11) is 0. The van der Waals surface area contributed by atoms with Crippen LogP contribution in [0.25, 0.3) is 0 Å². The first-order valence-electron chi connectivity index (χ1n) is 6.24. The molecule has 0 aliphatic carbocycles. The predicted molar refractivity (Wildman–Crippen MR) is 84.6 cm³/mol. The number of hydrogen-bond acceptors (Lipinski definition) is 2. The molecule has 0 fully saturated rings. The maximum absolute atomic E-state index is 12.3. The van der Waals surface area contributed by atoms with Crippen LogP contribution in [0.5, 0.6) is 0 Å². The van der Waals surface area contributed by atoms with E-state index in [-0.39, 0.29) is 0 Å². The highest BCUT2D eigenvalue weighted by Gasteiger charge is 2.21. The molecule has 0 radical (unpaired) electrons. The molecule has 5 heteroatoms. The maximum Gasteiger partial charge on any atom is 0.246 e. The van der Waals surface area contributed by atoms with Crippen LogP contribution in [0.1, 0.15) is 17.0 Å². The second-order valence-electron chi connectivity index (χ2n) is 4.54. The fraction of sp³-hybridized carbons (Fsp3) is 0.125. The Morgan fingerprint density at radius 3 is 2.48 bits per heavy atom. The molecule has 0 bridgehead atoms. The third kappa shape index (κ3) is 3.55. The average Bonchev–Trinajstić information content (AvgIpc) is 2.46. The van der Waals surface area contributed by atoms with Crippen molar-refractivity contribution in [1.82, 2.24) is 0 Å². The van der Waals surface area contributed by atoms with Crippen molar-refractivity contribution in [3.63, 3.8) is 0 Å². The summed E-state index contributed by atoms with van der Waals surface area (Å²) in [4.78, 5) is 12.3. The second-order valence-corrected chi connectivity index (χ2v) is 5.36. The van der Waals surface area contributed by atoms with Gasteiger partial charge in [0.25, 0.3) is 0 Å². The van der Waals surface area contributed by atoms with Gasteiger partial charge in [-0.05, 0) is 30.2 Å². The summed E-state index contributed by atoms with van der Waals surface area (Å²) in [6, 6.07) is 14.1. The molecular weight excluding hydrogens is 307 g/mol. The van der Waals surface area contributed by atoms with Gasteiger partial charge in [0.2, 0.25) is 5.91 Å². The SMILES string of the molecule is Cc1cc(Cl)c(NC(=O)C(C#N)c2ccccc2)cc1Cl. The van der Waals surface area contributed by atoms with Crippen molar-refractivity contribution < 1.29 is 4.79 Å². The molecule has 1 amide bonds. The molecule has 2 aromatic rings. The lowest BCUT2D eigenvalue weighted by molar-refractivity contribution is -0.116. The first-order valence-corrected chi connectivity index (χ1v) is 6.99. The van der Waals surface area contributed by atoms with Crippen LogP contribution in [0, 0.1) is 18.3 Å². The number of nitrogens with zero attached hydrogens (tertiary/aromatic N) is 1. The molecule has 0 aromatic heterocycles. The van der Waals surface area contributed by atoms with E-state index >= 15 is 0 Å². The van der Waals surface area contributed by atoms with E-state index in [1.807, 2.05) is 19.1 Å². The Kier molecular flexibility index (Phi) is 4.85. The molecule has 3 nitrogen and oxygen atoms in total. The van der Waals surface area contributed by atoms with Crippen LogP contribution in [0.2, 0.25) is 10.0 Å². The molecule has 0 aliphatic heterocycles. The summed E-state index contributed by atoms with van der Waals surface area (Å²) >= 11 is 12.1. The molecule has 0 heterocycles. The van der Waals surface area contributed by atoms with E-state index in [0.717, 1.165) is 5.56 Å². The number of benzene rings is 2. The Morgan fingerprint density at radius 1 is 1.19 bits per heavy atom.